The van der Waals surface area contributed by atoms with Crippen molar-refractivity contribution >= 4 is 22.6 Å². The lowest BCUT2D eigenvalue weighted by molar-refractivity contribution is -0.134. The van der Waals surface area contributed by atoms with E-state index in [-0.39, 0.29) is 12.5 Å². The average molecular weight is 371 g/mol. The molecule has 6 nitrogen and oxygen atoms in total. The molecule has 1 aliphatic rings. The van der Waals surface area contributed by atoms with Crippen LogP contribution in [0.1, 0.15) is 18.4 Å². The fourth-order valence-corrected chi connectivity index (χ4v) is 3.45. The maximum Gasteiger partial charge on any atom is 0.245 e. The molecule has 140 valence electrons. The highest BCUT2D eigenvalue weighted by atomic mass is 19.1. The lowest BCUT2D eigenvalue weighted by Crippen LogP contribution is -2.47. The van der Waals surface area contributed by atoms with E-state index in [0.29, 0.717) is 18.5 Å². The molecule has 3 heterocycles. The highest BCUT2D eigenvalue weighted by Crippen LogP contribution is 2.25. The Bertz CT molecular complexity index is 1000. The van der Waals surface area contributed by atoms with Crippen molar-refractivity contribution in [2.24, 2.45) is 7.05 Å². The van der Waals surface area contributed by atoms with E-state index in [4.69, 9.17) is 0 Å². The molecule has 1 N–H and O–H groups in total. The predicted octanol–water partition coefficient (Wildman–Crippen LogP) is 2.85. The molecule has 0 radical (unpaired) electrons. The van der Waals surface area contributed by atoms with Crippen molar-refractivity contribution in [1.82, 2.24) is 19.7 Å². The molecule has 8 heteroatoms. The van der Waals surface area contributed by atoms with Gasteiger partial charge >= 0.3 is 0 Å². The van der Waals surface area contributed by atoms with Crippen LogP contribution in [0.4, 0.5) is 14.5 Å². The van der Waals surface area contributed by atoms with Gasteiger partial charge in [-0.2, -0.15) is 5.10 Å². The minimum absolute atomic E-state index is 0.0983. The van der Waals surface area contributed by atoms with E-state index in [1.54, 1.807) is 22.0 Å². The van der Waals surface area contributed by atoms with Gasteiger partial charge in [0.05, 0.1) is 11.6 Å². The maximum atomic E-state index is 13.9. The highest BCUT2D eigenvalue weighted by molar-refractivity contribution is 5.92. The van der Waals surface area contributed by atoms with Gasteiger partial charge in [-0.05, 0) is 25.0 Å². The van der Waals surface area contributed by atoms with E-state index in [9.17, 15) is 13.6 Å². The number of pyridine rings is 1. The van der Waals surface area contributed by atoms with E-state index in [2.05, 4.69) is 15.4 Å². The van der Waals surface area contributed by atoms with Gasteiger partial charge in [-0.1, -0.05) is 6.07 Å². The number of carbonyl (C=O) groups excluding carboxylic acids is 1. The molecule has 1 atom stereocenters. The number of piperidine rings is 1. The van der Waals surface area contributed by atoms with Gasteiger partial charge in [-0.15, -0.1) is 0 Å². The van der Waals surface area contributed by atoms with E-state index in [1.807, 2.05) is 13.1 Å². The van der Waals surface area contributed by atoms with Crippen LogP contribution in [0, 0.1) is 11.6 Å². The molecule has 1 saturated heterocycles. The Balaban J connectivity index is 1.53. The Morgan fingerprint density at radius 3 is 2.96 bits per heavy atom. The van der Waals surface area contributed by atoms with E-state index < -0.39 is 17.7 Å². The third-order valence-corrected chi connectivity index (χ3v) is 4.87. The summed E-state index contributed by atoms with van der Waals surface area (Å²) in [7, 11) is 1.81. The van der Waals surface area contributed by atoms with E-state index >= 15 is 0 Å². The number of amides is 1. The van der Waals surface area contributed by atoms with Crippen molar-refractivity contribution in [3.05, 3.63) is 53.9 Å². The maximum absolute atomic E-state index is 13.9. The first kappa shape index (κ1) is 17.4. The van der Waals surface area contributed by atoms with Crippen LogP contribution in [-0.2, 0) is 18.4 Å². The normalized spacial score (nSPS) is 17.5. The smallest absolute Gasteiger partial charge is 0.245 e. The molecule has 1 aromatic carbocycles. The third-order valence-electron chi connectivity index (χ3n) is 4.87. The molecule has 1 unspecified atom stereocenters. The van der Waals surface area contributed by atoms with Gasteiger partial charge in [-0.3, -0.25) is 9.48 Å². The van der Waals surface area contributed by atoms with Crippen LogP contribution in [-0.4, -0.2) is 38.2 Å². The summed E-state index contributed by atoms with van der Waals surface area (Å²) in [6.07, 6.45) is 4.87. The highest BCUT2D eigenvalue weighted by Gasteiger charge is 2.29. The molecular formula is C19H19F2N5O. The number of rotatable bonds is 4. The second kappa shape index (κ2) is 6.94. The summed E-state index contributed by atoms with van der Waals surface area (Å²) in [4.78, 5) is 18.8. The van der Waals surface area contributed by atoms with Gasteiger partial charge in [0.25, 0.3) is 0 Å². The molecule has 1 fully saturated rings. The fraction of sp³-hybridized carbons (Fsp3) is 0.316. The first-order chi connectivity index (χ1) is 13.0. The standard InChI is InChI=1S/C19H19F2N5O/c1-25-18-14(10-23-25)16(6-7-22-18)24-17-3-2-8-26(19(17)27)11-12-4-5-13(20)9-15(12)21/h4-7,9-10,17H,2-3,8,11H2,1H3,(H,22,24). The molecule has 0 saturated carbocycles. The molecule has 4 rings (SSSR count). The summed E-state index contributed by atoms with van der Waals surface area (Å²) in [5.74, 6) is -1.36. The Morgan fingerprint density at radius 2 is 2.15 bits per heavy atom. The lowest BCUT2D eigenvalue weighted by atomic mass is 10.0. The molecule has 0 spiro atoms. The van der Waals surface area contributed by atoms with Crippen LogP contribution in [0.2, 0.25) is 0 Å². The summed E-state index contributed by atoms with van der Waals surface area (Å²) in [6.45, 7) is 0.675. The van der Waals surface area contributed by atoms with Crippen LogP contribution in [0.5, 0.6) is 0 Å². The number of fused-ring (bicyclic) bond motifs is 1. The number of likely N-dealkylation sites (tertiary alicyclic amines) is 1. The number of benzene rings is 1. The zero-order valence-corrected chi connectivity index (χ0v) is 14.8. The zero-order valence-electron chi connectivity index (χ0n) is 14.8. The van der Waals surface area contributed by atoms with Crippen LogP contribution in [0.3, 0.4) is 0 Å². The predicted molar refractivity (Wildman–Crippen MR) is 96.9 cm³/mol. The molecule has 1 aliphatic heterocycles. The molecule has 3 aromatic rings. The molecule has 0 aliphatic carbocycles. The van der Waals surface area contributed by atoms with Gasteiger partial charge in [0, 0.05) is 43.7 Å². The van der Waals surface area contributed by atoms with Crippen molar-refractivity contribution in [1.29, 1.82) is 0 Å². The minimum atomic E-state index is -0.635. The number of aromatic nitrogens is 3. The number of carbonyl (C=O) groups is 1. The number of anilines is 1. The Labute approximate surface area is 154 Å². The molecule has 2 aromatic heterocycles. The van der Waals surface area contributed by atoms with Crippen LogP contribution >= 0.6 is 0 Å². The van der Waals surface area contributed by atoms with Gasteiger partial charge in [-0.25, -0.2) is 13.8 Å². The number of hydrogen-bond acceptors (Lipinski definition) is 4. The van der Waals surface area contributed by atoms with Crippen molar-refractivity contribution in [2.45, 2.75) is 25.4 Å². The topological polar surface area (TPSA) is 63.1 Å². The second-order valence-electron chi connectivity index (χ2n) is 6.70. The van der Waals surface area contributed by atoms with Gasteiger partial charge in [0.15, 0.2) is 5.65 Å². The Morgan fingerprint density at radius 1 is 1.30 bits per heavy atom. The monoisotopic (exact) mass is 371 g/mol. The average Bonchev–Trinajstić information content (AvgIpc) is 3.03. The summed E-state index contributed by atoms with van der Waals surface area (Å²) in [5, 5.41) is 8.33. The van der Waals surface area contributed by atoms with Crippen LogP contribution in [0.15, 0.2) is 36.7 Å². The number of aryl methyl sites for hydroxylation is 1. The van der Waals surface area contributed by atoms with Crippen molar-refractivity contribution < 1.29 is 13.6 Å². The molecule has 1 amide bonds. The lowest BCUT2D eigenvalue weighted by Gasteiger charge is -2.33. The van der Waals surface area contributed by atoms with Gasteiger partial charge in [0.1, 0.15) is 17.7 Å². The Kier molecular flexibility index (Phi) is 4.47. The number of halogens is 2. The number of hydrogen-bond donors (Lipinski definition) is 1. The number of nitrogens with zero attached hydrogens (tertiary/aromatic N) is 4. The van der Waals surface area contributed by atoms with Gasteiger partial charge in [0.2, 0.25) is 5.91 Å². The van der Waals surface area contributed by atoms with Crippen molar-refractivity contribution in [2.75, 3.05) is 11.9 Å². The van der Waals surface area contributed by atoms with Crippen molar-refractivity contribution in [3.8, 4) is 0 Å². The minimum Gasteiger partial charge on any atom is -0.373 e. The fourth-order valence-electron chi connectivity index (χ4n) is 3.45. The largest absolute Gasteiger partial charge is 0.373 e. The van der Waals surface area contributed by atoms with Gasteiger partial charge < -0.3 is 10.2 Å². The summed E-state index contributed by atoms with van der Waals surface area (Å²) < 4.78 is 28.7. The van der Waals surface area contributed by atoms with Crippen LogP contribution < -0.4 is 5.32 Å². The van der Waals surface area contributed by atoms with E-state index in [0.717, 1.165) is 29.2 Å². The summed E-state index contributed by atoms with van der Waals surface area (Å²) >= 11 is 0. The second-order valence-corrected chi connectivity index (χ2v) is 6.70. The molecular weight excluding hydrogens is 352 g/mol. The quantitative estimate of drug-likeness (QED) is 0.766. The first-order valence-electron chi connectivity index (χ1n) is 8.79. The van der Waals surface area contributed by atoms with Crippen molar-refractivity contribution in [3.63, 3.8) is 0 Å². The SMILES string of the molecule is Cn1ncc2c(NC3CCCN(Cc4ccc(F)cc4F)C3=O)ccnc21. The summed E-state index contributed by atoms with van der Waals surface area (Å²) in [6, 6.07) is 4.84. The number of nitrogens with one attached hydrogen (secondary N) is 1. The molecule has 0 bridgehead atoms. The molecule has 27 heavy (non-hydrogen) atoms. The zero-order chi connectivity index (χ0) is 19.0. The first-order valence-corrected chi connectivity index (χ1v) is 8.79. The Hall–Kier alpha value is -3.03. The summed E-state index contributed by atoms with van der Waals surface area (Å²) in [5.41, 5.74) is 1.83. The van der Waals surface area contributed by atoms with Crippen LogP contribution in [0.25, 0.3) is 11.0 Å². The van der Waals surface area contributed by atoms with E-state index in [1.165, 1.54) is 12.1 Å². The third kappa shape index (κ3) is 3.34.